The van der Waals surface area contributed by atoms with Crippen molar-refractivity contribution in [2.75, 3.05) is 11.9 Å². The van der Waals surface area contributed by atoms with Gasteiger partial charge in [0.1, 0.15) is 0 Å². The molecule has 0 heterocycles. The van der Waals surface area contributed by atoms with Crippen LogP contribution in [0.1, 0.15) is 12.8 Å². The Kier molecular flexibility index (Phi) is 3.75. The third-order valence-corrected chi connectivity index (χ3v) is 5.67. The van der Waals surface area contributed by atoms with Crippen LogP contribution >= 0.6 is 15.9 Å². The van der Waals surface area contributed by atoms with Gasteiger partial charge in [0, 0.05) is 11.9 Å². The smallest absolute Gasteiger partial charge is 0.211 e. The lowest BCUT2D eigenvalue weighted by molar-refractivity contribution is 0.503. The first-order valence-corrected chi connectivity index (χ1v) is 8.00. The fourth-order valence-electron chi connectivity index (χ4n) is 1.51. The summed E-state index contributed by atoms with van der Waals surface area (Å²) in [4.78, 5) is -0.258. The molecule has 0 unspecified atom stereocenters. The number of sulfonamides is 1. The molecule has 0 aliphatic heterocycles. The quantitative estimate of drug-likeness (QED) is 0.837. The second-order valence-corrected chi connectivity index (χ2v) is 6.86. The molecule has 0 saturated heterocycles. The molecule has 0 spiro atoms. The molecule has 100 valence electrons. The molecule has 1 aliphatic carbocycles. The van der Waals surface area contributed by atoms with Crippen molar-refractivity contribution in [2.24, 2.45) is 5.41 Å². The first-order chi connectivity index (χ1) is 8.38. The first-order valence-electron chi connectivity index (χ1n) is 5.39. The second kappa shape index (κ2) is 4.86. The Balaban J connectivity index is 2.13. The van der Waals surface area contributed by atoms with Gasteiger partial charge in [-0.2, -0.15) is 0 Å². The van der Waals surface area contributed by atoms with Crippen LogP contribution in [-0.4, -0.2) is 20.3 Å². The fourth-order valence-corrected chi connectivity index (χ4v) is 3.44. The largest absolute Gasteiger partial charge is 0.240 e. The van der Waals surface area contributed by atoms with Crippen molar-refractivity contribution in [3.8, 4) is 0 Å². The number of halogens is 3. The van der Waals surface area contributed by atoms with Gasteiger partial charge >= 0.3 is 0 Å². The van der Waals surface area contributed by atoms with Crippen LogP contribution in [0.15, 0.2) is 23.1 Å². The van der Waals surface area contributed by atoms with Crippen molar-refractivity contribution in [3.05, 3.63) is 29.8 Å². The SMILES string of the molecule is O=S(=O)(NCC1(CBr)CC1)c1ccc(F)c(F)c1. The zero-order valence-electron chi connectivity index (χ0n) is 9.42. The highest BCUT2D eigenvalue weighted by Gasteiger charge is 2.42. The molecule has 1 aliphatic rings. The fraction of sp³-hybridized carbons (Fsp3) is 0.455. The normalized spacial score (nSPS) is 17.7. The van der Waals surface area contributed by atoms with E-state index in [0.717, 1.165) is 30.3 Å². The number of nitrogens with one attached hydrogen (secondary N) is 1. The zero-order chi connectivity index (χ0) is 13.4. The lowest BCUT2D eigenvalue weighted by Crippen LogP contribution is -2.31. The topological polar surface area (TPSA) is 46.2 Å². The molecule has 0 aromatic heterocycles. The van der Waals surface area contributed by atoms with E-state index in [1.807, 2.05) is 0 Å². The van der Waals surface area contributed by atoms with Crippen molar-refractivity contribution in [1.82, 2.24) is 4.72 Å². The van der Waals surface area contributed by atoms with E-state index >= 15 is 0 Å². The maximum Gasteiger partial charge on any atom is 0.240 e. The lowest BCUT2D eigenvalue weighted by Gasteiger charge is -2.13. The van der Waals surface area contributed by atoms with Gasteiger partial charge in [0.2, 0.25) is 10.0 Å². The second-order valence-electron chi connectivity index (χ2n) is 4.53. The highest BCUT2D eigenvalue weighted by atomic mass is 79.9. The highest BCUT2D eigenvalue weighted by Crippen LogP contribution is 2.46. The van der Waals surface area contributed by atoms with Gasteiger partial charge in [-0.05, 0) is 36.5 Å². The molecule has 1 saturated carbocycles. The van der Waals surface area contributed by atoms with E-state index in [4.69, 9.17) is 0 Å². The van der Waals surface area contributed by atoms with E-state index in [-0.39, 0.29) is 10.3 Å². The van der Waals surface area contributed by atoms with Gasteiger partial charge in [0.05, 0.1) is 4.90 Å². The van der Waals surface area contributed by atoms with Gasteiger partial charge in [-0.15, -0.1) is 0 Å². The molecule has 0 bridgehead atoms. The van der Waals surface area contributed by atoms with Crippen molar-refractivity contribution in [3.63, 3.8) is 0 Å². The van der Waals surface area contributed by atoms with Crippen molar-refractivity contribution in [2.45, 2.75) is 17.7 Å². The minimum Gasteiger partial charge on any atom is -0.211 e. The number of benzene rings is 1. The number of hydrogen-bond donors (Lipinski definition) is 1. The van der Waals surface area contributed by atoms with Gasteiger partial charge < -0.3 is 0 Å². The number of rotatable bonds is 5. The molecule has 1 aromatic rings. The van der Waals surface area contributed by atoms with Crippen LogP contribution in [0.2, 0.25) is 0 Å². The van der Waals surface area contributed by atoms with Gasteiger partial charge in [-0.25, -0.2) is 21.9 Å². The minimum atomic E-state index is -3.78. The summed E-state index contributed by atoms with van der Waals surface area (Å²) in [6.45, 7) is 0.305. The van der Waals surface area contributed by atoms with Crippen LogP contribution < -0.4 is 4.72 Å². The molecule has 0 atom stereocenters. The van der Waals surface area contributed by atoms with E-state index in [1.165, 1.54) is 0 Å². The molecule has 0 amide bonds. The van der Waals surface area contributed by atoms with Crippen LogP contribution in [0.25, 0.3) is 0 Å². The van der Waals surface area contributed by atoms with E-state index in [9.17, 15) is 17.2 Å². The number of hydrogen-bond acceptors (Lipinski definition) is 2. The molecule has 1 N–H and O–H groups in total. The summed E-state index contributed by atoms with van der Waals surface area (Å²) in [7, 11) is -3.78. The first kappa shape index (κ1) is 13.9. The average Bonchev–Trinajstić information content (AvgIpc) is 3.11. The Morgan fingerprint density at radius 3 is 2.44 bits per heavy atom. The van der Waals surface area contributed by atoms with Crippen molar-refractivity contribution < 1.29 is 17.2 Å². The van der Waals surface area contributed by atoms with Crippen molar-refractivity contribution >= 4 is 26.0 Å². The monoisotopic (exact) mass is 339 g/mol. The van der Waals surface area contributed by atoms with Gasteiger partial charge in [0.15, 0.2) is 11.6 Å². The predicted molar refractivity (Wildman–Crippen MR) is 67.0 cm³/mol. The van der Waals surface area contributed by atoms with Crippen LogP contribution in [-0.2, 0) is 10.0 Å². The highest BCUT2D eigenvalue weighted by molar-refractivity contribution is 9.09. The van der Waals surface area contributed by atoms with E-state index in [2.05, 4.69) is 20.7 Å². The zero-order valence-corrected chi connectivity index (χ0v) is 11.8. The molecule has 0 radical (unpaired) electrons. The molecule has 1 aromatic carbocycles. The minimum absolute atomic E-state index is 0.0222. The third kappa shape index (κ3) is 2.89. The van der Waals surface area contributed by atoms with Gasteiger partial charge in [-0.1, -0.05) is 15.9 Å². The Labute approximate surface area is 113 Å². The van der Waals surface area contributed by atoms with E-state index < -0.39 is 21.7 Å². The Morgan fingerprint density at radius 1 is 1.28 bits per heavy atom. The Bertz CT molecular complexity index is 558. The van der Waals surface area contributed by atoms with E-state index in [0.29, 0.717) is 12.6 Å². The molecule has 3 nitrogen and oxygen atoms in total. The summed E-state index contributed by atoms with van der Waals surface area (Å²) >= 11 is 3.33. The third-order valence-electron chi connectivity index (χ3n) is 3.08. The summed E-state index contributed by atoms with van der Waals surface area (Å²) in [5.41, 5.74) is -0.0222. The lowest BCUT2D eigenvalue weighted by atomic mass is 10.1. The molecule has 1 fully saturated rings. The summed E-state index contributed by atoms with van der Waals surface area (Å²) in [5, 5.41) is 0.723. The maximum atomic E-state index is 13.0. The average molecular weight is 340 g/mol. The summed E-state index contributed by atoms with van der Waals surface area (Å²) in [6.07, 6.45) is 1.91. The molecular formula is C11H12BrF2NO2S. The van der Waals surface area contributed by atoms with Crippen LogP contribution in [0, 0.1) is 17.0 Å². The summed E-state index contributed by atoms with van der Waals surface area (Å²) in [6, 6.07) is 2.54. The molecule has 2 rings (SSSR count). The van der Waals surface area contributed by atoms with Crippen LogP contribution in [0.4, 0.5) is 8.78 Å². The maximum absolute atomic E-state index is 13.0. The summed E-state index contributed by atoms with van der Waals surface area (Å²) < 4.78 is 51.9. The Morgan fingerprint density at radius 2 is 1.94 bits per heavy atom. The van der Waals surface area contributed by atoms with E-state index in [1.54, 1.807) is 0 Å². The molecular weight excluding hydrogens is 328 g/mol. The van der Waals surface area contributed by atoms with Crippen LogP contribution in [0.3, 0.4) is 0 Å². The standard InChI is InChI=1S/C11H12BrF2NO2S/c12-6-11(3-4-11)7-15-18(16,17)8-1-2-9(13)10(14)5-8/h1-2,5,15H,3-4,6-7H2. The Hall–Kier alpha value is -0.530. The van der Waals surface area contributed by atoms with Crippen molar-refractivity contribution in [1.29, 1.82) is 0 Å². The van der Waals surface area contributed by atoms with Crippen LogP contribution in [0.5, 0.6) is 0 Å². The van der Waals surface area contributed by atoms with Gasteiger partial charge in [0.25, 0.3) is 0 Å². The predicted octanol–water partition coefficient (Wildman–Crippen LogP) is 2.42. The number of alkyl halides is 1. The van der Waals surface area contributed by atoms with Gasteiger partial charge in [-0.3, -0.25) is 0 Å². The molecule has 18 heavy (non-hydrogen) atoms. The molecule has 7 heteroatoms. The summed E-state index contributed by atoms with van der Waals surface area (Å²) in [5.74, 6) is -2.23.